The van der Waals surface area contributed by atoms with Crippen molar-refractivity contribution in [2.45, 2.75) is 38.6 Å². The third kappa shape index (κ3) is 6.34. The topological polar surface area (TPSA) is 96.3 Å². The van der Waals surface area contributed by atoms with E-state index in [1.807, 2.05) is 0 Å². The summed E-state index contributed by atoms with van der Waals surface area (Å²) in [7, 11) is 0. The highest BCUT2D eigenvalue weighted by Gasteiger charge is 2.47. The highest BCUT2D eigenvalue weighted by Crippen LogP contribution is 2.43. The van der Waals surface area contributed by atoms with Crippen molar-refractivity contribution in [3.05, 3.63) is 89.5 Å². The van der Waals surface area contributed by atoms with Gasteiger partial charge >= 0.3 is 6.36 Å². The zero-order valence-electron chi connectivity index (χ0n) is 20.9. The van der Waals surface area contributed by atoms with Crippen LogP contribution in [0.3, 0.4) is 0 Å². The lowest BCUT2D eigenvalue weighted by Gasteiger charge is -2.25. The summed E-state index contributed by atoms with van der Waals surface area (Å²) in [5.74, 6) is -2.35. The summed E-state index contributed by atoms with van der Waals surface area (Å²) in [6.07, 6.45) is -1.90. The smallest absolute Gasteiger partial charge is 0.508 e. The zero-order chi connectivity index (χ0) is 28.2. The van der Waals surface area contributed by atoms with Crippen LogP contribution in [0, 0.1) is 0 Å². The molecule has 1 saturated heterocycles. The zero-order valence-corrected chi connectivity index (χ0v) is 20.9. The van der Waals surface area contributed by atoms with E-state index < -0.39 is 35.6 Å². The molecule has 0 radical (unpaired) electrons. The van der Waals surface area contributed by atoms with E-state index in [0.717, 1.165) is 36.3 Å². The number of anilines is 1. The Morgan fingerprint density at radius 1 is 0.897 bits per heavy atom. The molecule has 1 atom stereocenters. The molecule has 1 unspecified atom stereocenters. The summed E-state index contributed by atoms with van der Waals surface area (Å²) < 4.78 is 47.4. The van der Waals surface area contributed by atoms with Crippen LogP contribution in [0.4, 0.5) is 18.9 Å². The molecular weight excluding hydrogens is 515 g/mol. The van der Waals surface area contributed by atoms with Gasteiger partial charge in [0.05, 0.1) is 18.2 Å². The Hall–Kier alpha value is -4.47. The van der Waals surface area contributed by atoms with Crippen molar-refractivity contribution in [1.82, 2.24) is 0 Å². The number of benzene rings is 3. The number of carbonyl (C=O) groups excluding carboxylic acids is 2. The average molecular weight is 542 g/mol. The lowest BCUT2D eigenvalue weighted by molar-refractivity contribution is -0.274. The molecule has 0 saturated carbocycles. The maximum atomic E-state index is 13.2. The molecule has 1 fully saturated rings. The number of unbranched alkanes of at least 4 members (excludes halogenated alkanes) is 2. The molecule has 0 aliphatic carbocycles. The van der Waals surface area contributed by atoms with Gasteiger partial charge in [-0.1, -0.05) is 31.9 Å². The van der Waals surface area contributed by atoms with Gasteiger partial charge in [-0.2, -0.15) is 0 Å². The second-order valence-electron chi connectivity index (χ2n) is 8.88. The standard InChI is InChI=1S/C29H26F3NO6/c1-2-3-4-17-38-22-13-7-19(8-14-22)26(35)24-25(18-5-11-21(34)12-6-18)33(28(37)27(24)36)20-9-15-23(16-10-20)39-29(30,31)32/h5-16,25,34-35H,2-4,17H2,1H3/b26-24+. The van der Waals surface area contributed by atoms with E-state index in [4.69, 9.17) is 4.74 Å². The number of Topliss-reactive ketones (excluding diaryl/α,β-unsaturated/α-hetero) is 1. The highest BCUT2D eigenvalue weighted by atomic mass is 19.4. The van der Waals surface area contributed by atoms with Crippen molar-refractivity contribution < 1.29 is 42.4 Å². The number of alkyl halides is 3. The Bertz CT molecular complexity index is 1350. The van der Waals surface area contributed by atoms with Crippen LogP contribution in [0.15, 0.2) is 78.4 Å². The van der Waals surface area contributed by atoms with Crippen LogP contribution in [0.5, 0.6) is 17.2 Å². The number of phenolic OH excluding ortho intramolecular Hbond substituents is 1. The van der Waals surface area contributed by atoms with E-state index in [-0.39, 0.29) is 22.6 Å². The number of aromatic hydroxyl groups is 1. The molecule has 39 heavy (non-hydrogen) atoms. The van der Waals surface area contributed by atoms with E-state index >= 15 is 0 Å². The number of hydrogen-bond donors (Lipinski definition) is 2. The Labute approximate surface area is 222 Å². The summed E-state index contributed by atoms with van der Waals surface area (Å²) in [5.41, 5.74) is 0.559. The first-order chi connectivity index (χ1) is 18.6. The predicted molar refractivity (Wildman–Crippen MR) is 137 cm³/mol. The van der Waals surface area contributed by atoms with Gasteiger partial charge in [0.2, 0.25) is 0 Å². The van der Waals surface area contributed by atoms with E-state index in [1.54, 1.807) is 24.3 Å². The minimum Gasteiger partial charge on any atom is -0.508 e. The molecule has 2 N–H and O–H groups in total. The van der Waals surface area contributed by atoms with Crippen LogP contribution in [0.2, 0.25) is 0 Å². The quantitative estimate of drug-likeness (QED) is 0.139. The summed E-state index contributed by atoms with van der Waals surface area (Å²) in [4.78, 5) is 27.5. The Morgan fingerprint density at radius 3 is 2.10 bits per heavy atom. The second-order valence-corrected chi connectivity index (χ2v) is 8.88. The van der Waals surface area contributed by atoms with Crippen molar-refractivity contribution in [3.63, 3.8) is 0 Å². The van der Waals surface area contributed by atoms with Crippen molar-refractivity contribution in [2.75, 3.05) is 11.5 Å². The van der Waals surface area contributed by atoms with Crippen LogP contribution < -0.4 is 14.4 Å². The maximum absolute atomic E-state index is 13.2. The van der Waals surface area contributed by atoms with Crippen molar-refractivity contribution >= 4 is 23.1 Å². The van der Waals surface area contributed by atoms with Gasteiger partial charge in [-0.25, -0.2) is 0 Å². The number of carbonyl (C=O) groups is 2. The van der Waals surface area contributed by atoms with Crippen LogP contribution in [0.25, 0.3) is 5.76 Å². The first-order valence-electron chi connectivity index (χ1n) is 12.3. The number of ether oxygens (including phenoxy) is 2. The van der Waals surface area contributed by atoms with E-state index in [9.17, 15) is 33.0 Å². The van der Waals surface area contributed by atoms with Gasteiger partial charge in [-0.15, -0.1) is 13.2 Å². The minimum absolute atomic E-state index is 0.0566. The van der Waals surface area contributed by atoms with Gasteiger partial charge in [0.1, 0.15) is 23.0 Å². The lowest BCUT2D eigenvalue weighted by Crippen LogP contribution is -2.29. The van der Waals surface area contributed by atoms with Gasteiger partial charge in [0.15, 0.2) is 0 Å². The first kappa shape index (κ1) is 27.6. The summed E-state index contributed by atoms with van der Waals surface area (Å²) in [5, 5.41) is 21.0. The molecule has 0 aromatic heterocycles. The van der Waals surface area contributed by atoms with Crippen LogP contribution in [-0.4, -0.2) is 34.9 Å². The number of aliphatic hydroxyl groups excluding tert-OH is 1. The fourth-order valence-electron chi connectivity index (χ4n) is 4.29. The van der Waals surface area contributed by atoms with Crippen LogP contribution in [-0.2, 0) is 9.59 Å². The number of phenols is 1. The van der Waals surface area contributed by atoms with Crippen molar-refractivity contribution in [3.8, 4) is 17.2 Å². The molecule has 0 spiro atoms. The third-order valence-corrected chi connectivity index (χ3v) is 6.15. The number of aliphatic hydroxyl groups is 1. The number of halogens is 3. The van der Waals surface area contributed by atoms with E-state index in [1.165, 1.54) is 36.4 Å². The number of hydrogen-bond acceptors (Lipinski definition) is 6. The van der Waals surface area contributed by atoms with Crippen LogP contribution in [0.1, 0.15) is 43.4 Å². The maximum Gasteiger partial charge on any atom is 0.573 e. The first-order valence-corrected chi connectivity index (χ1v) is 12.3. The SMILES string of the molecule is CCCCCOc1ccc(/C(O)=C2\C(=O)C(=O)N(c3ccc(OC(F)(F)F)cc3)C2c2ccc(O)cc2)cc1. The lowest BCUT2D eigenvalue weighted by atomic mass is 9.95. The summed E-state index contributed by atoms with van der Waals surface area (Å²) >= 11 is 0. The van der Waals surface area contributed by atoms with Crippen molar-refractivity contribution in [2.24, 2.45) is 0 Å². The number of amides is 1. The van der Waals surface area contributed by atoms with E-state index in [0.29, 0.717) is 17.9 Å². The molecule has 1 aliphatic rings. The Morgan fingerprint density at radius 2 is 1.51 bits per heavy atom. The summed E-state index contributed by atoms with van der Waals surface area (Å²) in [6.45, 7) is 2.63. The molecule has 10 heteroatoms. The molecule has 204 valence electrons. The highest BCUT2D eigenvalue weighted by molar-refractivity contribution is 6.51. The fraction of sp³-hybridized carbons (Fsp3) is 0.241. The van der Waals surface area contributed by atoms with Gasteiger partial charge in [0.25, 0.3) is 11.7 Å². The van der Waals surface area contributed by atoms with Gasteiger partial charge < -0.3 is 19.7 Å². The van der Waals surface area contributed by atoms with Crippen molar-refractivity contribution in [1.29, 1.82) is 0 Å². The largest absolute Gasteiger partial charge is 0.573 e. The Balaban J connectivity index is 1.72. The molecule has 0 bridgehead atoms. The molecule has 3 aromatic carbocycles. The second kappa shape index (κ2) is 11.5. The molecular formula is C29H26F3NO6. The molecule has 7 nitrogen and oxygen atoms in total. The number of nitrogens with zero attached hydrogens (tertiary/aromatic N) is 1. The normalized spacial score (nSPS) is 16.9. The predicted octanol–water partition coefficient (Wildman–Crippen LogP) is 6.49. The van der Waals surface area contributed by atoms with Gasteiger partial charge in [-0.05, 0) is 72.6 Å². The molecule has 1 aliphatic heterocycles. The average Bonchev–Trinajstić information content (AvgIpc) is 3.17. The monoisotopic (exact) mass is 541 g/mol. The molecule has 4 rings (SSSR count). The Kier molecular flexibility index (Phi) is 8.13. The van der Waals surface area contributed by atoms with Gasteiger partial charge in [-0.3, -0.25) is 14.5 Å². The van der Waals surface area contributed by atoms with Gasteiger partial charge in [0, 0.05) is 11.3 Å². The van der Waals surface area contributed by atoms with Crippen LogP contribution >= 0.6 is 0 Å². The number of rotatable bonds is 9. The molecule has 3 aromatic rings. The number of ketones is 1. The fourth-order valence-corrected chi connectivity index (χ4v) is 4.29. The third-order valence-electron chi connectivity index (χ3n) is 6.15. The minimum atomic E-state index is -4.90. The molecule has 1 heterocycles. The summed E-state index contributed by atoms with van der Waals surface area (Å²) in [6, 6.07) is 15.5. The molecule has 1 amide bonds. The van der Waals surface area contributed by atoms with E-state index in [2.05, 4.69) is 11.7 Å².